The van der Waals surface area contributed by atoms with Gasteiger partial charge in [0.1, 0.15) is 11.0 Å². The number of nitrogens with one attached hydrogen (secondary N) is 1. The summed E-state index contributed by atoms with van der Waals surface area (Å²) < 4.78 is 0. The van der Waals surface area contributed by atoms with Crippen LogP contribution in [0.2, 0.25) is 10.4 Å². The Labute approximate surface area is 113 Å². The van der Waals surface area contributed by atoms with Crippen LogP contribution in [0.4, 0.5) is 5.82 Å². The lowest BCUT2D eigenvalue weighted by Gasteiger charge is -2.04. The maximum absolute atomic E-state index is 11.5. The van der Waals surface area contributed by atoms with Crippen molar-refractivity contribution in [3.8, 4) is 0 Å². The number of amides is 1. The number of rotatable bonds is 6. The minimum absolute atomic E-state index is 0.0522. The van der Waals surface area contributed by atoms with E-state index in [2.05, 4.69) is 15.3 Å². The quantitative estimate of drug-likeness (QED) is 0.477. The lowest BCUT2D eigenvalue weighted by molar-refractivity contribution is -0.137. The first-order valence-electron chi connectivity index (χ1n) is 5.19. The maximum atomic E-state index is 11.5. The summed E-state index contributed by atoms with van der Waals surface area (Å²) in [6, 6.07) is 1.38. The van der Waals surface area contributed by atoms with Crippen LogP contribution in [0.15, 0.2) is 6.07 Å². The Morgan fingerprint density at radius 3 is 2.50 bits per heavy atom. The second kappa shape index (κ2) is 7.13. The van der Waals surface area contributed by atoms with Crippen molar-refractivity contribution < 1.29 is 14.7 Å². The zero-order valence-corrected chi connectivity index (χ0v) is 10.8. The third-order valence-electron chi connectivity index (χ3n) is 1.98. The molecule has 0 radical (unpaired) electrons. The molecule has 8 heteroatoms. The third kappa shape index (κ3) is 5.79. The predicted octanol–water partition coefficient (Wildman–Crippen LogP) is 2.37. The molecule has 1 rings (SSSR count). The van der Waals surface area contributed by atoms with E-state index in [9.17, 15) is 9.59 Å². The highest BCUT2D eigenvalue weighted by Gasteiger charge is 2.06. The SMILES string of the molecule is O=C(O)CCCCC(=O)Nc1cc(Cl)nc(Cl)n1. The Morgan fingerprint density at radius 1 is 1.22 bits per heavy atom. The molecule has 1 aromatic heterocycles. The fraction of sp³-hybridized carbons (Fsp3) is 0.400. The number of halogens is 2. The average molecular weight is 292 g/mol. The zero-order valence-electron chi connectivity index (χ0n) is 9.32. The molecule has 1 aromatic rings. The number of carboxylic acids is 1. The van der Waals surface area contributed by atoms with Gasteiger partial charge in [-0.3, -0.25) is 9.59 Å². The predicted molar refractivity (Wildman–Crippen MR) is 66.8 cm³/mol. The van der Waals surface area contributed by atoms with E-state index in [-0.39, 0.29) is 35.0 Å². The van der Waals surface area contributed by atoms with E-state index in [0.29, 0.717) is 12.8 Å². The van der Waals surface area contributed by atoms with Gasteiger partial charge < -0.3 is 10.4 Å². The first-order valence-corrected chi connectivity index (χ1v) is 5.94. The van der Waals surface area contributed by atoms with E-state index in [0.717, 1.165) is 0 Å². The lowest BCUT2D eigenvalue weighted by atomic mass is 10.2. The molecule has 2 N–H and O–H groups in total. The minimum Gasteiger partial charge on any atom is -0.481 e. The number of anilines is 1. The van der Waals surface area contributed by atoms with Gasteiger partial charge in [-0.15, -0.1) is 0 Å². The van der Waals surface area contributed by atoms with E-state index < -0.39 is 5.97 Å². The summed E-state index contributed by atoms with van der Waals surface area (Å²) >= 11 is 11.2. The Bertz CT molecular complexity index is 434. The summed E-state index contributed by atoms with van der Waals surface area (Å²) in [4.78, 5) is 29.2. The monoisotopic (exact) mass is 291 g/mol. The fourth-order valence-corrected chi connectivity index (χ4v) is 1.63. The third-order valence-corrected chi connectivity index (χ3v) is 2.34. The molecule has 0 saturated carbocycles. The van der Waals surface area contributed by atoms with E-state index in [1.165, 1.54) is 6.07 Å². The van der Waals surface area contributed by atoms with E-state index in [1.54, 1.807) is 0 Å². The second-order valence-electron chi connectivity index (χ2n) is 3.49. The minimum atomic E-state index is -0.871. The maximum Gasteiger partial charge on any atom is 0.303 e. The smallest absolute Gasteiger partial charge is 0.303 e. The molecule has 98 valence electrons. The van der Waals surface area contributed by atoms with Gasteiger partial charge in [-0.25, -0.2) is 9.97 Å². The molecule has 0 spiro atoms. The number of nitrogens with zero attached hydrogens (tertiary/aromatic N) is 2. The van der Waals surface area contributed by atoms with E-state index in [4.69, 9.17) is 28.3 Å². The number of aromatic nitrogens is 2. The summed E-state index contributed by atoms with van der Waals surface area (Å²) in [6.07, 6.45) is 1.21. The molecule has 0 saturated heterocycles. The van der Waals surface area contributed by atoms with Crippen molar-refractivity contribution in [3.63, 3.8) is 0 Å². The van der Waals surface area contributed by atoms with Gasteiger partial charge in [0.25, 0.3) is 0 Å². The molecule has 0 aliphatic carbocycles. The number of carboxylic acid groups (broad SMARTS) is 1. The molecule has 0 aromatic carbocycles. The molecule has 1 heterocycles. The lowest BCUT2D eigenvalue weighted by Crippen LogP contribution is -2.12. The number of unbranched alkanes of at least 4 members (excludes halogenated alkanes) is 1. The highest BCUT2D eigenvalue weighted by molar-refractivity contribution is 6.32. The van der Waals surface area contributed by atoms with Gasteiger partial charge in [-0.2, -0.15) is 0 Å². The number of hydrogen-bond donors (Lipinski definition) is 2. The first-order chi connectivity index (χ1) is 8.47. The highest BCUT2D eigenvalue weighted by Crippen LogP contribution is 2.14. The summed E-state index contributed by atoms with van der Waals surface area (Å²) in [7, 11) is 0. The van der Waals surface area contributed by atoms with Gasteiger partial charge in [0.2, 0.25) is 11.2 Å². The molecule has 1 amide bonds. The molecular weight excluding hydrogens is 281 g/mol. The molecular formula is C10H11Cl2N3O3. The molecule has 0 unspecified atom stereocenters. The molecule has 0 fully saturated rings. The Morgan fingerprint density at radius 2 is 1.89 bits per heavy atom. The van der Waals surface area contributed by atoms with Crippen LogP contribution in [0.5, 0.6) is 0 Å². The van der Waals surface area contributed by atoms with Crippen LogP contribution < -0.4 is 5.32 Å². The summed E-state index contributed by atoms with van der Waals surface area (Å²) in [6.45, 7) is 0. The zero-order chi connectivity index (χ0) is 13.5. The first kappa shape index (κ1) is 14.7. The summed E-state index contributed by atoms with van der Waals surface area (Å²) in [5.74, 6) is -0.917. The van der Waals surface area contributed by atoms with E-state index >= 15 is 0 Å². The van der Waals surface area contributed by atoms with Crippen LogP contribution >= 0.6 is 23.2 Å². The van der Waals surface area contributed by atoms with Gasteiger partial charge in [0.05, 0.1) is 0 Å². The number of carbonyl (C=O) groups excluding carboxylic acids is 1. The summed E-state index contributed by atoms with van der Waals surface area (Å²) in [5.41, 5.74) is 0. The Hall–Kier alpha value is -1.40. The van der Waals surface area contributed by atoms with Crippen LogP contribution in [-0.2, 0) is 9.59 Å². The van der Waals surface area contributed by atoms with Crippen molar-refractivity contribution in [2.75, 3.05) is 5.32 Å². The molecule has 0 atom stereocenters. The molecule has 6 nitrogen and oxygen atoms in total. The van der Waals surface area contributed by atoms with Crippen molar-refractivity contribution in [2.24, 2.45) is 0 Å². The van der Waals surface area contributed by atoms with Crippen molar-refractivity contribution in [1.82, 2.24) is 9.97 Å². The number of hydrogen-bond acceptors (Lipinski definition) is 4. The van der Waals surface area contributed by atoms with Crippen molar-refractivity contribution in [1.29, 1.82) is 0 Å². The van der Waals surface area contributed by atoms with Crippen molar-refractivity contribution >= 4 is 40.9 Å². The standard InChI is InChI=1S/C10H11Cl2N3O3/c11-6-5-7(15-10(12)13-6)14-8(16)3-1-2-4-9(17)18/h5H,1-4H2,(H,17,18)(H,13,14,15,16). The van der Waals surface area contributed by atoms with E-state index in [1.807, 2.05) is 0 Å². The second-order valence-corrected chi connectivity index (χ2v) is 4.22. The average Bonchev–Trinajstić information content (AvgIpc) is 2.22. The topological polar surface area (TPSA) is 92.2 Å². The van der Waals surface area contributed by atoms with Crippen LogP contribution in [-0.4, -0.2) is 27.0 Å². The normalized spacial score (nSPS) is 10.1. The summed E-state index contributed by atoms with van der Waals surface area (Å²) in [5, 5.41) is 11.0. The molecule has 0 bridgehead atoms. The molecule has 18 heavy (non-hydrogen) atoms. The van der Waals surface area contributed by atoms with Crippen LogP contribution in [0.1, 0.15) is 25.7 Å². The van der Waals surface area contributed by atoms with Crippen molar-refractivity contribution in [2.45, 2.75) is 25.7 Å². The number of aliphatic carboxylic acids is 1. The molecule has 0 aliphatic heterocycles. The van der Waals surface area contributed by atoms with Gasteiger partial charge in [-0.05, 0) is 24.4 Å². The fourth-order valence-electron chi connectivity index (χ4n) is 1.22. The Balaban J connectivity index is 2.37. The van der Waals surface area contributed by atoms with Gasteiger partial charge >= 0.3 is 5.97 Å². The van der Waals surface area contributed by atoms with Gasteiger partial charge in [0.15, 0.2) is 0 Å². The molecule has 0 aliphatic rings. The van der Waals surface area contributed by atoms with Crippen LogP contribution in [0.25, 0.3) is 0 Å². The van der Waals surface area contributed by atoms with Crippen LogP contribution in [0, 0.1) is 0 Å². The van der Waals surface area contributed by atoms with Crippen LogP contribution in [0.3, 0.4) is 0 Å². The Kier molecular flexibility index (Phi) is 5.80. The van der Waals surface area contributed by atoms with Crippen molar-refractivity contribution in [3.05, 3.63) is 16.5 Å². The van der Waals surface area contributed by atoms with Gasteiger partial charge in [-0.1, -0.05) is 11.6 Å². The van der Waals surface area contributed by atoms with Gasteiger partial charge in [0, 0.05) is 18.9 Å². The largest absolute Gasteiger partial charge is 0.481 e. The highest BCUT2D eigenvalue weighted by atomic mass is 35.5. The number of carbonyl (C=O) groups is 2.